The van der Waals surface area contributed by atoms with Gasteiger partial charge in [-0.15, -0.1) is 0 Å². The standard InChI is InChI=1S/C23H21FN2O2/c24-19-7-3-6-18(12-19)23(28)26-20(13-25)22(21(26)14-27)17-10-8-16(9-11-17)15-4-1-2-5-15/h3-4,6-12,20-22,27H,1-2,5,14H2/t20-,21-,22+/m0/s1. The Balaban J connectivity index is 1.58. The molecule has 0 bridgehead atoms. The van der Waals surface area contributed by atoms with Crippen molar-refractivity contribution >= 4 is 11.5 Å². The van der Waals surface area contributed by atoms with E-state index in [4.69, 9.17) is 0 Å². The van der Waals surface area contributed by atoms with Crippen molar-refractivity contribution in [1.82, 2.24) is 4.90 Å². The number of carbonyl (C=O) groups excluding carboxylic acids is 1. The molecule has 2 aromatic rings. The molecule has 0 spiro atoms. The van der Waals surface area contributed by atoms with E-state index in [0.29, 0.717) is 0 Å². The smallest absolute Gasteiger partial charge is 0.255 e. The van der Waals surface area contributed by atoms with Gasteiger partial charge in [0.2, 0.25) is 0 Å². The lowest BCUT2D eigenvalue weighted by Crippen LogP contribution is -2.65. The highest BCUT2D eigenvalue weighted by Crippen LogP contribution is 2.42. The largest absolute Gasteiger partial charge is 0.394 e. The topological polar surface area (TPSA) is 64.3 Å². The van der Waals surface area contributed by atoms with Gasteiger partial charge in [0.15, 0.2) is 0 Å². The molecule has 2 aliphatic rings. The van der Waals surface area contributed by atoms with Gasteiger partial charge in [0.1, 0.15) is 11.9 Å². The second-order valence-electron chi connectivity index (χ2n) is 7.32. The number of nitrogens with zero attached hydrogens (tertiary/aromatic N) is 2. The van der Waals surface area contributed by atoms with Crippen LogP contribution in [0.15, 0.2) is 54.6 Å². The summed E-state index contributed by atoms with van der Waals surface area (Å²) < 4.78 is 13.5. The van der Waals surface area contributed by atoms with E-state index in [0.717, 1.165) is 24.5 Å². The molecular formula is C23H21FN2O2. The molecule has 0 radical (unpaired) electrons. The molecule has 28 heavy (non-hydrogen) atoms. The number of hydrogen-bond donors (Lipinski definition) is 1. The molecule has 3 atom stereocenters. The number of nitriles is 1. The minimum absolute atomic E-state index is 0.181. The first-order valence-electron chi connectivity index (χ1n) is 9.52. The van der Waals surface area contributed by atoms with E-state index in [-0.39, 0.29) is 18.1 Å². The van der Waals surface area contributed by atoms with Gasteiger partial charge in [-0.05, 0) is 54.2 Å². The Labute approximate surface area is 163 Å². The molecule has 0 aromatic heterocycles. The first kappa shape index (κ1) is 18.4. The Hall–Kier alpha value is -2.97. The van der Waals surface area contributed by atoms with Crippen molar-refractivity contribution in [3.05, 3.63) is 77.1 Å². The highest BCUT2D eigenvalue weighted by Gasteiger charge is 2.51. The van der Waals surface area contributed by atoms with Crippen LogP contribution in [0.4, 0.5) is 4.39 Å². The zero-order chi connectivity index (χ0) is 19.7. The molecule has 1 saturated heterocycles. The Kier molecular flexibility index (Phi) is 4.97. The monoisotopic (exact) mass is 376 g/mol. The molecule has 4 nitrogen and oxygen atoms in total. The first-order chi connectivity index (χ1) is 13.6. The summed E-state index contributed by atoms with van der Waals surface area (Å²) in [6.07, 6.45) is 5.63. The van der Waals surface area contributed by atoms with Crippen molar-refractivity contribution in [1.29, 1.82) is 5.26 Å². The fourth-order valence-electron chi connectivity index (χ4n) is 4.31. The number of aliphatic hydroxyl groups is 1. The van der Waals surface area contributed by atoms with Gasteiger partial charge in [-0.2, -0.15) is 5.26 Å². The third-order valence-corrected chi connectivity index (χ3v) is 5.74. The van der Waals surface area contributed by atoms with Gasteiger partial charge in [0.05, 0.1) is 18.7 Å². The molecule has 0 unspecified atom stereocenters. The van der Waals surface area contributed by atoms with E-state index in [1.807, 2.05) is 24.3 Å². The third-order valence-electron chi connectivity index (χ3n) is 5.74. The lowest BCUT2D eigenvalue weighted by atomic mass is 9.75. The molecular weight excluding hydrogens is 355 g/mol. The predicted octanol–water partition coefficient (Wildman–Crippen LogP) is 3.89. The molecule has 1 aliphatic carbocycles. The fraction of sp³-hybridized carbons (Fsp3) is 0.304. The Morgan fingerprint density at radius 3 is 2.64 bits per heavy atom. The number of carbonyl (C=O) groups is 1. The molecule has 1 amide bonds. The van der Waals surface area contributed by atoms with Gasteiger partial charge in [0.25, 0.3) is 5.91 Å². The third kappa shape index (κ3) is 3.10. The van der Waals surface area contributed by atoms with Gasteiger partial charge < -0.3 is 10.0 Å². The Morgan fingerprint density at radius 2 is 2.04 bits per heavy atom. The fourth-order valence-corrected chi connectivity index (χ4v) is 4.31. The summed E-state index contributed by atoms with van der Waals surface area (Å²) in [4.78, 5) is 14.2. The normalized spacial score (nSPS) is 23.7. The molecule has 1 aliphatic heterocycles. The van der Waals surface area contributed by atoms with E-state index in [2.05, 4.69) is 12.1 Å². The molecule has 0 saturated carbocycles. The highest BCUT2D eigenvalue weighted by molar-refractivity contribution is 5.95. The summed E-state index contributed by atoms with van der Waals surface area (Å²) in [5, 5.41) is 19.6. The molecule has 4 rings (SSSR count). The first-order valence-corrected chi connectivity index (χ1v) is 9.52. The number of halogens is 1. The molecule has 2 aromatic carbocycles. The van der Waals surface area contributed by atoms with Crippen molar-refractivity contribution in [3.63, 3.8) is 0 Å². The highest BCUT2D eigenvalue weighted by atomic mass is 19.1. The van der Waals surface area contributed by atoms with Gasteiger partial charge in [-0.3, -0.25) is 4.79 Å². The second-order valence-corrected chi connectivity index (χ2v) is 7.32. The summed E-state index contributed by atoms with van der Waals surface area (Å²) in [6, 6.07) is 14.5. The average Bonchev–Trinajstić information content (AvgIpc) is 3.23. The number of likely N-dealkylation sites (tertiary alicyclic amines) is 1. The van der Waals surface area contributed by atoms with Gasteiger partial charge in [-0.25, -0.2) is 4.39 Å². The number of amides is 1. The van der Waals surface area contributed by atoms with Crippen LogP contribution in [0.25, 0.3) is 5.57 Å². The summed E-state index contributed by atoms with van der Waals surface area (Å²) in [5.74, 6) is -1.21. The van der Waals surface area contributed by atoms with Crippen molar-refractivity contribution in [3.8, 4) is 6.07 Å². The van der Waals surface area contributed by atoms with Crippen LogP contribution in [0, 0.1) is 17.1 Å². The number of rotatable bonds is 4. The minimum atomic E-state index is -0.690. The zero-order valence-corrected chi connectivity index (χ0v) is 15.4. The Bertz CT molecular complexity index is 961. The summed E-state index contributed by atoms with van der Waals surface area (Å²) in [7, 11) is 0. The van der Waals surface area contributed by atoms with Crippen LogP contribution in [-0.2, 0) is 0 Å². The van der Waals surface area contributed by atoms with Gasteiger partial charge >= 0.3 is 0 Å². The zero-order valence-electron chi connectivity index (χ0n) is 15.4. The summed E-state index contributed by atoms with van der Waals surface area (Å²) in [5.41, 5.74) is 3.64. The van der Waals surface area contributed by atoms with Crippen LogP contribution < -0.4 is 0 Å². The quantitative estimate of drug-likeness (QED) is 0.881. The van der Waals surface area contributed by atoms with Crippen LogP contribution in [0.2, 0.25) is 0 Å². The predicted molar refractivity (Wildman–Crippen MR) is 104 cm³/mol. The lowest BCUT2D eigenvalue weighted by molar-refractivity contribution is -0.00588. The number of benzene rings is 2. The van der Waals surface area contributed by atoms with E-state index < -0.39 is 23.8 Å². The maximum absolute atomic E-state index is 13.5. The van der Waals surface area contributed by atoms with E-state index in [1.165, 1.54) is 40.7 Å². The van der Waals surface area contributed by atoms with E-state index >= 15 is 0 Å². The Morgan fingerprint density at radius 1 is 1.25 bits per heavy atom. The molecule has 1 heterocycles. The molecule has 1 fully saturated rings. The lowest BCUT2D eigenvalue weighted by Gasteiger charge is -2.51. The van der Waals surface area contributed by atoms with Crippen LogP contribution in [0.5, 0.6) is 0 Å². The molecule has 1 N–H and O–H groups in total. The van der Waals surface area contributed by atoms with Crippen molar-refractivity contribution in [2.75, 3.05) is 6.61 Å². The SMILES string of the molecule is N#C[C@H]1[C@@H](c2ccc(C3=CCCC3)cc2)[C@H](CO)N1C(=O)c1cccc(F)c1. The van der Waals surface area contributed by atoms with Crippen LogP contribution in [0.3, 0.4) is 0 Å². The van der Waals surface area contributed by atoms with Gasteiger partial charge in [0, 0.05) is 11.5 Å². The summed E-state index contributed by atoms with van der Waals surface area (Å²) >= 11 is 0. The maximum atomic E-state index is 13.5. The maximum Gasteiger partial charge on any atom is 0.255 e. The van der Waals surface area contributed by atoms with Crippen LogP contribution in [0.1, 0.15) is 46.7 Å². The van der Waals surface area contributed by atoms with E-state index in [9.17, 15) is 19.6 Å². The number of aliphatic hydroxyl groups excluding tert-OH is 1. The van der Waals surface area contributed by atoms with Crippen LogP contribution >= 0.6 is 0 Å². The molecule has 142 valence electrons. The van der Waals surface area contributed by atoms with Crippen LogP contribution in [-0.4, -0.2) is 34.6 Å². The van der Waals surface area contributed by atoms with E-state index in [1.54, 1.807) is 0 Å². The van der Waals surface area contributed by atoms with Crippen molar-refractivity contribution in [2.45, 2.75) is 37.3 Å². The van der Waals surface area contributed by atoms with Crippen molar-refractivity contribution < 1.29 is 14.3 Å². The second kappa shape index (κ2) is 7.57. The number of allylic oxidation sites excluding steroid dienone is 2. The summed E-state index contributed by atoms with van der Waals surface area (Å²) in [6.45, 7) is -0.253. The average molecular weight is 376 g/mol. The molecule has 5 heteroatoms. The van der Waals surface area contributed by atoms with Crippen molar-refractivity contribution in [2.24, 2.45) is 0 Å². The minimum Gasteiger partial charge on any atom is -0.394 e. The van der Waals surface area contributed by atoms with Gasteiger partial charge in [-0.1, -0.05) is 36.4 Å². The number of hydrogen-bond acceptors (Lipinski definition) is 3.